The van der Waals surface area contributed by atoms with Gasteiger partial charge in [0, 0.05) is 19.2 Å². The smallest absolute Gasteiger partial charge is 0.220 e. The Morgan fingerprint density at radius 2 is 2.29 bits per heavy atom. The summed E-state index contributed by atoms with van der Waals surface area (Å²) in [5.74, 6) is 0.791. The molecular weight excluding hydrogens is 216 g/mol. The quantitative estimate of drug-likeness (QED) is 0.695. The van der Waals surface area contributed by atoms with Gasteiger partial charge in [-0.25, -0.2) is 0 Å². The van der Waals surface area contributed by atoms with Crippen molar-refractivity contribution in [3.63, 3.8) is 0 Å². The fourth-order valence-electron chi connectivity index (χ4n) is 2.10. The number of rotatable bonds is 5. The molecule has 1 aromatic heterocycles. The molecule has 2 rings (SSSR count). The van der Waals surface area contributed by atoms with Gasteiger partial charge in [-0.15, -0.1) is 0 Å². The molecule has 17 heavy (non-hydrogen) atoms. The summed E-state index contributed by atoms with van der Waals surface area (Å²) in [6, 6.07) is 0. The summed E-state index contributed by atoms with van der Waals surface area (Å²) < 4.78 is 0. The number of hydrogen-bond donors (Lipinski definition) is 3. The summed E-state index contributed by atoms with van der Waals surface area (Å²) in [5.41, 5.74) is 1.09. The molecule has 0 aromatic carbocycles. The summed E-state index contributed by atoms with van der Waals surface area (Å²) in [7, 11) is 0. The van der Waals surface area contributed by atoms with E-state index in [0.29, 0.717) is 12.3 Å². The van der Waals surface area contributed by atoms with Gasteiger partial charge in [-0.3, -0.25) is 9.89 Å². The van der Waals surface area contributed by atoms with Crippen molar-refractivity contribution in [1.82, 2.24) is 20.8 Å². The van der Waals surface area contributed by atoms with Crippen molar-refractivity contribution in [3.8, 4) is 0 Å². The van der Waals surface area contributed by atoms with Gasteiger partial charge in [0.1, 0.15) is 0 Å². The molecule has 0 atom stereocenters. The molecule has 0 aliphatic carbocycles. The number of aromatic nitrogens is 2. The zero-order chi connectivity index (χ0) is 11.9. The van der Waals surface area contributed by atoms with Crippen LogP contribution in [0.3, 0.4) is 0 Å². The average Bonchev–Trinajstić information content (AvgIpc) is 2.88. The Morgan fingerprint density at radius 3 is 3.00 bits per heavy atom. The van der Waals surface area contributed by atoms with E-state index in [9.17, 15) is 4.79 Å². The van der Waals surface area contributed by atoms with Crippen LogP contribution in [0.5, 0.6) is 0 Å². The SMILES string of the molecule is O=C(CCc1cn[nH]c1)NCC1CCNCC1. The molecule has 5 nitrogen and oxygen atoms in total. The highest BCUT2D eigenvalue weighted by Crippen LogP contribution is 2.09. The minimum Gasteiger partial charge on any atom is -0.356 e. The number of H-pyrrole nitrogens is 1. The van der Waals surface area contributed by atoms with Crippen molar-refractivity contribution in [1.29, 1.82) is 0 Å². The van der Waals surface area contributed by atoms with E-state index >= 15 is 0 Å². The average molecular weight is 236 g/mol. The first-order chi connectivity index (χ1) is 8.34. The van der Waals surface area contributed by atoms with Gasteiger partial charge in [0.25, 0.3) is 0 Å². The van der Waals surface area contributed by atoms with Crippen molar-refractivity contribution in [2.75, 3.05) is 19.6 Å². The molecule has 5 heteroatoms. The van der Waals surface area contributed by atoms with E-state index in [2.05, 4.69) is 20.8 Å². The second kappa shape index (κ2) is 6.39. The van der Waals surface area contributed by atoms with Crippen molar-refractivity contribution in [3.05, 3.63) is 18.0 Å². The largest absolute Gasteiger partial charge is 0.356 e. The molecule has 2 heterocycles. The zero-order valence-electron chi connectivity index (χ0n) is 10.0. The Morgan fingerprint density at radius 1 is 1.47 bits per heavy atom. The van der Waals surface area contributed by atoms with E-state index in [1.165, 1.54) is 12.8 Å². The monoisotopic (exact) mass is 236 g/mol. The molecule has 3 N–H and O–H groups in total. The fourth-order valence-corrected chi connectivity index (χ4v) is 2.10. The van der Waals surface area contributed by atoms with Gasteiger partial charge in [0.05, 0.1) is 6.20 Å². The van der Waals surface area contributed by atoms with E-state index < -0.39 is 0 Å². The molecule has 0 spiro atoms. The Kier molecular flexibility index (Phi) is 4.55. The van der Waals surface area contributed by atoms with Crippen LogP contribution in [-0.2, 0) is 11.2 Å². The van der Waals surface area contributed by atoms with Crippen molar-refractivity contribution < 1.29 is 4.79 Å². The summed E-state index contributed by atoms with van der Waals surface area (Å²) in [5, 5.41) is 12.9. The van der Waals surface area contributed by atoms with Crippen molar-refractivity contribution in [2.45, 2.75) is 25.7 Å². The van der Waals surface area contributed by atoms with Crippen LogP contribution in [0.15, 0.2) is 12.4 Å². The van der Waals surface area contributed by atoms with Crippen LogP contribution in [0.4, 0.5) is 0 Å². The van der Waals surface area contributed by atoms with E-state index in [4.69, 9.17) is 0 Å². The maximum Gasteiger partial charge on any atom is 0.220 e. The maximum atomic E-state index is 11.6. The van der Waals surface area contributed by atoms with Crippen LogP contribution in [-0.4, -0.2) is 35.7 Å². The molecule has 94 valence electrons. The number of nitrogens with one attached hydrogen (secondary N) is 3. The number of carbonyl (C=O) groups excluding carboxylic acids is 1. The van der Waals surface area contributed by atoms with Gasteiger partial charge < -0.3 is 10.6 Å². The standard InChI is InChI=1S/C12H20N4O/c17-12(2-1-11-8-15-16-9-11)14-7-10-3-5-13-6-4-10/h8-10,13H,1-7H2,(H,14,17)(H,15,16). The molecule has 0 unspecified atom stereocenters. The van der Waals surface area contributed by atoms with Crippen LogP contribution >= 0.6 is 0 Å². The first kappa shape index (κ1) is 12.1. The second-order valence-corrected chi connectivity index (χ2v) is 4.60. The van der Waals surface area contributed by atoms with Gasteiger partial charge >= 0.3 is 0 Å². The third-order valence-electron chi connectivity index (χ3n) is 3.24. The van der Waals surface area contributed by atoms with Crippen LogP contribution in [0.2, 0.25) is 0 Å². The normalized spacial score (nSPS) is 16.9. The lowest BCUT2D eigenvalue weighted by Gasteiger charge is -2.22. The molecular formula is C12H20N4O. The van der Waals surface area contributed by atoms with E-state index in [1.54, 1.807) is 6.20 Å². The number of aryl methyl sites for hydroxylation is 1. The third-order valence-corrected chi connectivity index (χ3v) is 3.24. The Balaban J connectivity index is 1.60. The molecule has 1 aliphatic rings. The number of nitrogens with zero attached hydrogens (tertiary/aromatic N) is 1. The third kappa shape index (κ3) is 4.19. The Bertz CT molecular complexity index is 330. The Hall–Kier alpha value is -1.36. The predicted molar refractivity (Wildman–Crippen MR) is 65.5 cm³/mol. The van der Waals surface area contributed by atoms with Crippen LogP contribution in [0.1, 0.15) is 24.8 Å². The molecule has 1 saturated heterocycles. The van der Waals surface area contributed by atoms with Gasteiger partial charge in [0.15, 0.2) is 0 Å². The number of piperidine rings is 1. The van der Waals surface area contributed by atoms with Crippen molar-refractivity contribution >= 4 is 5.91 Å². The van der Waals surface area contributed by atoms with Crippen LogP contribution in [0.25, 0.3) is 0 Å². The lowest BCUT2D eigenvalue weighted by molar-refractivity contribution is -0.121. The summed E-state index contributed by atoms with van der Waals surface area (Å²) in [6.45, 7) is 2.98. The molecule has 0 radical (unpaired) electrons. The summed E-state index contributed by atoms with van der Waals surface area (Å²) in [4.78, 5) is 11.6. The number of amides is 1. The minimum absolute atomic E-state index is 0.143. The van der Waals surface area contributed by atoms with Gasteiger partial charge in [-0.1, -0.05) is 0 Å². The molecule has 0 bridgehead atoms. The lowest BCUT2D eigenvalue weighted by Crippen LogP contribution is -2.36. The first-order valence-corrected chi connectivity index (χ1v) is 6.29. The lowest BCUT2D eigenvalue weighted by atomic mass is 9.98. The van der Waals surface area contributed by atoms with Gasteiger partial charge in [0.2, 0.25) is 5.91 Å². The Labute approximate surface area is 101 Å². The van der Waals surface area contributed by atoms with Gasteiger partial charge in [-0.2, -0.15) is 5.10 Å². The molecule has 1 fully saturated rings. The van der Waals surface area contributed by atoms with Crippen LogP contribution in [0, 0.1) is 5.92 Å². The number of carbonyl (C=O) groups is 1. The molecule has 0 saturated carbocycles. The fraction of sp³-hybridized carbons (Fsp3) is 0.667. The predicted octanol–water partition coefficient (Wildman–Crippen LogP) is 0.458. The van der Waals surface area contributed by atoms with Crippen molar-refractivity contribution in [2.24, 2.45) is 5.92 Å². The summed E-state index contributed by atoms with van der Waals surface area (Å²) >= 11 is 0. The molecule has 1 aliphatic heterocycles. The van der Waals surface area contributed by atoms with Gasteiger partial charge in [-0.05, 0) is 43.8 Å². The van der Waals surface area contributed by atoms with E-state index in [1.807, 2.05) is 6.20 Å². The molecule has 1 aromatic rings. The summed E-state index contributed by atoms with van der Waals surface area (Å²) in [6.07, 6.45) is 7.24. The number of aromatic amines is 1. The first-order valence-electron chi connectivity index (χ1n) is 6.29. The highest BCUT2D eigenvalue weighted by Gasteiger charge is 2.13. The minimum atomic E-state index is 0.143. The topological polar surface area (TPSA) is 69.8 Å². The van der Waals surface area contributed by atoms with Crippen LogP contribution < -0.4 is 10.6 Å². The highest BCUT2D eigenvalue weighted by atomic mass is 16.1. The highest BCUT2D eigenvalue weighted by molar-refractivity contribution is 5.76. The maximum absolute atomic E-state index is 11.6. The zero-order valence-corrected chi connectivity index (χ0v) is 10.0. The van der Waals surface area contributed by atoms with E-state index in [0.717, 1.165) is 31.6 Å². The number of hydrogen-bond acceptors (Lipinski definition) is 3. The van der Waals surface area contributed by atoms with E-state index in [-0.39, 0.29) is 5.91 Å². The second-order valence-electron chi connectivity index (χ2n) is 4.60. The molecule has 1 amide bonds.